The Bertz CT molecular complexity index is 466. The number of anilines is 2. The summed E-state index contributed by atoms with van der Waals surface area (Å²) in [4.78, 5) is 10.8. The van der Waals surface area contributed by atoms with Crippen LogP contribution in [0.1, 0.15) is 30.9 Å². The highest BCUT2D eigenvalue weighted by atomic mass is 15.4. The molecule has 7 heteroatoms. The molecule has 2 fully saturated rings. The Hall–Kier alpha value is -1.44. The van der Waals surface area contributed by atoms with Gasteiger partial charge in [-0.1, -0.05) is 0 Å². The van der Waals surface area contributed by atoms with Crippen LogP contribution in [0.5, 0.6) is 0 Å². The van der Waals surface area contributed by atoms with Gasteiger partial charge in [0.25, 0.3) is 0 Å². The first-order chi connectivity index (χ1) is 9.61. The standard InChI is InChI=1S/C13H23N7/c1-20(7-10-2-3-16-19-10)12-6-11(17-13(15)18-12)8-4-9(14)5-8/h6,8-10,16,19H,2-5,7,14H2,1H3,(H2,15,17,18). The third-order valence-electron chi connectivity index (χ3n) is 4.15. The van der Waals surface area contributed by atoms with Crippen LogP contribution in [0.25, 0.3) is 0 Å². The van der Waals surface area contributed by atoms with Crippen molar-refractivity contribution in [2.24, 2.45) is 5.73 Å². The molecule has 1 aliphatic carbocycles. The molecule has 7 nitrogen and oxygen atoms in total. The van der Waals surface area contributed by atoms with Gasteiger partial charge in [0.1, 0.15) is 5.82 Å². The largest absolute Gasteiger partial charge is 0.368 e. The Morgan fingerprint density at radius 2 is 2.20 bits per heavy atom. The van der Waals surface area contributed by atoms with Crippen molar-refractivity contribution in [3.05, 3.63) is 11.8 Å². The highest BCUT2D eigenvalue weighted by Crippen LogP contribution is 2.35. The summed E-state index contributed by atoms with van der Waals surface area (Å²) in [6.07, 6.45) is 3.11. The lowest BCUT2D eigenvalue weighted by atomic mass is 9.78. The highest BCUT2D eigenvalue weighted by Gasteiger charge is 2.29. The molecule has 2 aliphatic rings. The first-order valence-electron chi connectivity index (χ1n) is 7.21. The van der Waals surface area contributed by atoms with Crippen molar-refractivity contribution in [1.29, 1.82) is 0 Å². The molecule has 1 saturated heterocycles. The zero-order chi connectivity index (χ0) is 14.1. The lowest BCUT2D eigenvalue weighted by molar-refractivity contribution is 0.345. The summed E-state index contributed by atoms with van der Waals surface area (Å²) < 4.78 is 0. The van der Waals surface area contributed by atoms with Gasteiger partial charge in [-0.05, 0) is 19.3 Å². The van der Waals surface area contributed by atoms with Crippen molar-refractivity contribution in [2.45, 2.75) is 37.3 Å². The van der Waals surface area contributed by atoms with Gasteiger partial charge in [0.2, 0.25) is 5.95 Å². The van der Waals surface area contributed by atoms with Gasteiger partial charge in [-0.3, -0.25) is 10.9 Å². The van der Waals surface area contributed by atoms with E-state index in [-0.39, 0.29) is 0 Å². The van der Waals surface area contributed by atoms with E-state index in [1.165, 1.54) is 0 Å². The van der Waals surface area contributed by atoms with Crippen LogP contribution in [0.2, 0.25) is 0 Å². The molecule has 1 aromatic heterocycles. The van der Waals surface area contributed by atoms with E-state index in [0.717, 1.165) is 43.9 Å². The molecule has 110 valence electrons. The topological polar surface area (TPSA) is 105 Å². The van der Waals surface area contributed by atoms with E-state index in [4.69, 9.17) is 11.5 Å². The van der Waals surface area contributed by atoms with Gasteiger partial charge in [-0.25, -0.2) is 4.98 Å². The van der Waals surface area contributed by atoms with E-state index in [1.807, 2.05) is 7.05 Å². The summed E-state index contributed by atoms with van der Waals surface area (Å²) in [5, 5.41) is 0. The summed E-state index contributed by atoms with van der Waals surface area (Å²) >= 11 is 0. The predicted octanol–water partition coefficient (Wildman–Crippen LogP) is -0.434. The molecule has 3 rings (SSSR count). The molecule has 1 unspecified atom stereocenters. The molecule has 0 radical (unpaired) electrons. The second-order valence-electron chi connectivity index (χ2n) is 5.87. The fourth-order valence-corrected chi connectivity index (χ4v) is 2.88. The molecule has 6 N–H and O–H groups in total. The minimum Gasteiger partial charge on any atom is -0.368 e. The Morgan fingerprint density at radius 3 is 2.85 bits per heavy atom. The average Bonchev–Trinajstić information content (AvgIpc) is 2.87. The number of nitrogens with zero attached hydrogens (tertiary/aromatic N) is 3. The molecule has 2 heterocycles. The molecule has 1 saturated carbocycles. The maximum Gasteiger partial charge on any atom is 0.222 e. The molecule has 20 heavy (non-hydrogen) atoms. The van der Waals surface area contributed by atoms with Crippen molar-refractivity contribution in [1.82, 2.24) is 20.8 Å². The maximum atomic E-state index is 5.85. The van der Waals surface area contributed by atoms with Crippen LogP contribution in [-0.4, -0.2) is 42.2 Å². The van der Waals surface area contributed by atoms with Gasteiger partial charge in [-0.15, -0.1) is 0 Å². The summed E-state index contributed by atoms with van der Waals surface area (Å²) in [5.74, 6) is 1.68. The first-order valence-corrected chi connectivity index (χ1v) is 7.21. The number of hydrogen-bond donors (Lipinski definition) is 4. The number of nitrogens with two attached hydrogens (primary N) is 2. The number of aromatic nitrogens is 2. The van der Waals surface area contributed by atoms with Crippen LogP contribution < -0.4 is 27.2 Å². The monoisotopic (exact) mass is 277 g/mol. The van der Waals surface area contributed by atoms with Gasteiger partial charge >= 0.3 is 0 Å². The van der Waals surface area contributed by atoms with Crippen molar-refractivity contribution in [3.8, 4) is 0 Å². The normalized spacial score (nSPS) is 29.2. The molecule has 1 aliphatic heterocycles. The SMILES string of the molecule is CN(CC1CCNN1)c1cc(C2CC(N)C2)nc(N)n1. The Morgan fingerprint density at radius 1 is 1.40 bits per heavy atom. The molecule has 0 bridgehead atoms. The van der Waals surface area contributed by atoms with Crippen LogP contribution in [0.4, 0.5) is 11.8 Å². The fraction of sp³-hybridized carbons (Fsp3) is 0.692. The molecular formula is C13H23N7. The number of rotatable bonds is 4. The average molecular weight is 277 g/mol. The van der Waals surface area contributed by atoms with Crippen molar-refractivity contribution < 1.29 is 0 Å². The van der Waals surface area contributed by atoms with Gasteiger partial charge in [-0.2, -0.15) is 4.98 Å². The van der Waals surface area contributed by atoms with E-state index < -0.39 is 0 Å². The van der Waals surface area contributed by atoms with Crippen LogP contribution in [0.3, 0.4) is 0 Å². The Kier molecular flexibility index (Phi) is 3.73. The van der Waals surface area contributed by atoms with E-state index in [9.17, 15) is 0 Å². The fourth-order valence-electron chi connectivity index (χ4n) is 2.88. The molecule has 1 aromatic rings. The number of nitrogens with one attached hydrogen (secondary N) is 2. The van der Waals surface area contributed by atoms with Crippen molar-refractivity contribution in [2.75, 3.05) is 30.8 Å². The summed E-state index contributed by atoms with van der Waals surface area (Å²) in [7, 11) is 2.04. The maximum absolute atomic E-state index is 5.85. The van der Waals surface area contributed by atoms with Crippen LogP contribution in [0.15, 0.2) is 6.07 Å². The highest BCUT2D eigenvalue weighted by molar-refractivity contribution is 5.44. The molecule has 0 amide bonds. The van der Waals surface area contributed by atoms with Crippen LogP contribution in [-0.2, 0) is 0 Å². The lowest BCUT2D eigenvalue weighted by Crippen LogP contribution is -2.39. The second-order valence-corrected chi connectivity index (χ2v) is 5.87. The summed E-state index contributed by atoms with van der Waals surface area (Å²) in [6, 6.07) is 2.80. The number of likely N-dealkylation sites (N-methyl/N-ethyl adjacent to an activating group) is 1. The van der Waals surface area contributed by atoms with Crippen molar-refractivity contribution in [3.63, 3.8) is 0 Å². The van der Waals surface area contributed by atoms with Crippen molar-refractivity contribution >= 4 is 11.8 Å². The van der Waals surface area contributed by atoms with E-state index in [1.54, 1.807) is 0 Å². The van der Waals surface area contributed by atoms with E-state index >= 15 is 0 Å². The number of hydrogen-bond acceptors (Lipinski definition) is 7. The minimum atomic E-state index is 0.311. The van der Waals surface area contributed by atoms with Crippen LogP contribution in [0, 0.1) is 0 Å². The number of hydrazine groups is 1. The zero-order valence-electron chi connectivity index (χ0n) is 11.8. The smallest absolute Gasteiger partial charge is 0.222 e. The Balaban J connectivity index is 1.71. The Labute approximate surface area is 119 Å². The van der Waals surface area contributed by atoms with Gasteiger partial charge in [0.05, 0.1) is 5.69 Å². The van der Waals surface area contributed by atoms with E-state index in [2.05, 4.69) is 31.8 Å². The van der Waals surface area contributed by atoms with Gasteiger partial charge in [0.15, 0.2) is 0 Å². The number of nitrogen functional groups attached to an aromatic ring is 1. The molecular weight excluding hydrogens is 254 g/mol. The predicted molar refractivity (Wildman–Crippen MR) is 79.2 cm³/mol. The van der Waals surface area contributed by atoms with Gasteiger partial charge < -0.3 is 16.4 Å². The quantitative estimate of drug-likeness (QED) is 0.591. The summed E-state index contributed by atoms with van der Waals surface area (Å²) in [6.45, 7) is 1.91. The molecule has 0 aromatic carbocycles. The van der Waals surface area contributed by atoms with Crippen LogP contribution >= 0.6 is 0 Å². The van der Waals surface area contributed by atoms with Gasteiger partial charge in [0, 0.05) is 44.2 Å². The molecule has 1 atom stereocenters. The summed E-state index contributed by atoms with van der Waals surface area (Å²) in [5.41, 5.74) is 19.1. The third kappa shape index (κ3) is 2.84. The third-order valence-corrected chi connectivity index (χ3v) is 4.15. The lowest BCUT2D eigenvalue weighted by Gasteiger charge is -2.32. The zero-order valence-corrected chi connectivity index (χ0v) is 11.8. The molecule has 0 spiro atoms. The first kappa shape index (κ1) is 13.5. The second kappa shape index (κ2) is 5.51. The van der Waals surface area contributed by atoms with E-state index in [0.29, 0.717) is 23.9 Å². The minimum absolute atomic E-state index is 0.311.